The van der Waals surface area contributed by atoms with Crippen LogP contribution in [0.5, 0.6) is 0 Å². The van der Waals surface area contributed by atoms with Gasteiger partial charge in [0, 0.05) is 30.7 Å². The minimum Gasteiger partial charge on any atom is -0.348 e. The molecule has 0 saturated carbocycles. The van der Waals surface area contributed by atoms with Gasteiger partial charge in [-0.1, -0.05) is 13.3 Å². The Kier molecular flexibility index (Phi) is 3.03. The normalized spacial score (nSPS) is 28.0. The lowest BCUT2D eigenvalue weighted by atomic mass is 9.91. The smallest absolute Gasteiger partial charge is 0.185 e. The van der Waals surface area contributed by atoms with Gasteiger partial charge >= 0.3 is 0 Å². The van der Waals surface area contributed by atoms with Crippen molar-refractivity contribution in [3.8, 4) is 0 Å². The summed E-state index contributed by atoms with van der Waals surface area (Å²) in [5, 5.41) is 3.18. The van der Waals surface area contributed by atoms with Crippen molar-refractivity contribution in [2.24, 2.45) is 11.7 Å². The summed E-state index contributed by atoms with van der Waals surface area (Å²) in [6.45, 7) is 4.35. The number of hydrogen-bond acceptors (Lipinski definition) is 4. The molecule has 0 aromatic carbocycles. The highest BCUT2D eigenvalue weighted by Gasteiger charge is 2.26. The maximum absolute atomic E-state index is 6.06. The fraction of sp³-hybridized carbons (Fsp3) is 0.700. The average Bonchev–Trinajstić information content (AvgIpc) is 2.71. The van der Waals surface area contributed by atoms with Crippen LogP contribution in [0.2, 0.25) is 0 Å². The van der Waals surface area contributed by atoms with Crippen LogP contribution in [0.3, 0.4) is 0 Å². The van der Waals surface area contributed by atoms with Crippen molar-refractivity contribution >= 4 is 16.5 Å². The average molecular weight is 211 g/mol. The minimum atomic E-state index is 0.385. The predicted octanol–water partition coefficient (Wildman–Crippen LogP) is 1.71. The van der Waals surface area contributed by atoms with Crippen molar-refractivity contribution in [1.29, 1.82) is 0 Å². The van der Waals surface area contributed by atoms with Crippen molar-refractivity contribution in [3.63, 3.8) is 0 Å². The first kappa shape index (κ1) is 9.93. The standard InChI is InChI=1S/C10H17N3S/c1-2-8-7-13(5-3-9(8)11)10-12-4-6-14-10/h4,6,8-9H,2-3,5,7,11H2,1H3. The number of piperidine rings is 1. The predicted molar refractivity (Wildman–Crippen MR) is 60.7 cm³/mol. The van der Waals surface area contributed by atoms with Crippen molar-refractivity contribution in [3.05, 3.63) is 11.6 Å². The Hall–Kier alpha value is -0.610. The summed E-state index contributed by atoms with van der Waals surface area (Å²) in [4.78, 5) is 6.70. The molecule has 1 aromatic rings. The Bertz CT molecular complexity index is 273. The molecule has 1 aromatic heterocycles. The molecule has 1 aliphatic heterocycles. The molecule has 1 aliphatic rings. The third-order valence-corrected chi connectivity index (χ3v) is 3.84. The van der Waals surface area contributed by atoms with E-state index in [2.05, 4.69) is 16.8 Å². The van der Waals surface area contributed by atoms with Gasteiger partial charge in [0.25, 0.3) is 0 Å². The van der Waals surface area contributed by atoms with Gasteiger partial charge in [0.05, 0.1) is 0 Å². The summed E-state index contributed by atoms with van der Waals surface area (Å²) in [6, 6.07) is 0.385. The minimum absolute atomic E-state index is 0.385. The molecule has 14 heavy (non-hydrogen) atoms. The summed E-state index contributed by atoms with van der Waals surface area (Å²) in [5.41, 5.74) is 6.06. The van der Waals surface area contributed by atoms with Crippen molar-refractivity contribution in [2.45, 2.75) is 25.8 Å². The number of anilines is 1. The summed E-state index contributed by atoms with van der Waals surface area (Å²) in [6.07, 6.45) is 4.14. The van der Waals surface area contributed by atoms with E-state index in [1.165, 1.54) is 6.42 Å². The number of nitrogens with two attached hydrogens (primary N) is 1. The largest absolute Gasteiger partial charge is 0.348 e. The fourth-order valence-corrected chi connectivity index (χ4v) is 2.71. The molecule has 2 N–H and O–H groups in total. The van der Waals surface area contributed by atoms with Crippen molar-refractivity contribution < 1.29 is 0 Å². The Morgan fingerprint density at radius 1 is 1.71 bits per heavy atom. The van der Waals surface area contributed by atoms with Gasteiger partial charge < -0.3 is 10.6 Å². The van der Waals surface area contributed by atoms with Crippen LogP contribution in [0.15, 0.2) is 11.6 Å². The highest BCUT2D eigenvalue weighted by molar-refractivity contribution is 7.13. The molecule has 2 heterocycles. The summed E-state index contributed by atoms with van der Waals surface area (Å²) < 4.78 is 0. The number of hydrogen-bond donors (Lipinski definition) is 1. The summed E-state index contributed by atoms with van der Waals surface area (Å²) >= 11 is 1.72. The van der Waals surface area contributed by atoms with Crippen molar-refractivity contribution in [2.75, 3.05) is 18.0 Å². The Morgan fingerprint density at radius 3 is 3.21 bits per heavy atom. The molecular formula is C10H17N3S. The van der Waals surface area contributed by atoms with E-state index in [1.54, 1.807) is 11.3 Å². The van der Waals surface area contributed by atoms with Gasteiger partial charge in [-0.15, -0.1) is 11.3 Å². The fourth-order valence-electron chi connectivity index (χ4n) is 2.03. The molecule has 0 amide bonds. The lowest BCUT2D eigenvalue weighted by molar-refractivity contribution is 0.348. The summed E-state index contributed by atoms with van der Waals surface area (Å²) in [7, 11) is 0. The topological polar surface area (TPSA) is 42.2 Å². The second kappa shape index (κ2) is 4.28. The Balaban J connectivity index is 2.03. The van der Waals surface area contributed by atoms with E-state index in [4.69, 9.17) is 5.73 Å². The highest BCUT2D eigenvalue weighted by atomic mass is 32.1. The Labute approximate surface area is 88.9 Å². The van der Waals surface area contributed by atoms with E-state index in [0.717, 1.165) is 24.6 Å². The zero-order chi connectivity index (χ0) is 9.97. The molecule has 0 radical (unpaired) electrons. The van der Waals surface area contributed by atoms with Crippen LogP contribution in [0, 0.1) is 5.92 Å². The van der Waals surface area contributed by atoms with Gasteiger partial charge in [0.15, 0.2) is 5.13 Å². The van der Waals surface area contributed by atoms with Gasteiger partial charge in [-0.05, 0) is 12.3 Å². The molecule has 4 heteroatoms. The zero-order valence-corrected chi connectivity index (χ0v) is 9.33. The van der Waals surface area contributed by atoms with Crippen LogP contribution in [-0.4, -0.2) is 24.1 Å². The van der Waals surface area contributed by atoms with Gasteiger partial charge in [-0.25, -0.2) is 4.98 Å². The van der Waals surface area contributed by atoms with Crippen LogP contribution in [0.4, 0.5) is 5.13 Å². The van der Waals surface area contributed by atoms with E-state index in [1.807, 2.05) is 11.6 Å². The first-order chi connectivity index (χ1) is 6.81. The first-order valence-electron chi connectivity index (χ1n) is 5.21. The second-order valence-corrected chi connectivity index (χ2v) is 4.75. The maximum atomic E-state index is 6.06. The Morgan fingerprint density at radius 2 is 2.57 bits per heavy atom. The number of rotatable bonds is 2. The number of thiazole rings is 1. The van der Waals surface area contributed by atoms with Crippen LogP contribution in [0.1, 0.15) is 19.8 Å². The highest BCUT2D eigenvalue weighted by Crippen LogP contribution is 2.25. The van der Waals surface area contributed by atoms with Gasteiger partial charge in [-0.3, -0.25) is 0 Å². The third-order valence-electron chi connectivity index (χ3n) is 3.01. The molecule has 0 bridgehead atoms. The molecule has 78 valence electrons. The third kappa shape index (κ3) is 1.91. The number of aromatic nitrogens is 1. The lowest BCUT2D eigenvalue weighted by Gasteiger charge is -2.36. The second-order valence-electron chi connectivity index (χ2n) is 3.88. The lowest BCUT2D eigenvalue weighted by Crippen LogP contribution is -2.46. The van der Waals surface area contributed by atoms with Gasteiger partial charge in [0.2, 0.25) is 0 Å². The molecule has 2 atom stereocenters. The zero-order valence-electron chi connectivity index (χ0n) is 8.52. The quantitative estimate of drug-likeness (QED) is 0.809. The molecular weight excluding hydrogens is 194 g/mol. The molecule has 2 rings (SSSR count). The van der Waals surface area contributed by atoms with Gasteiger partial charge in [0.1, 0.15) is 0 Å². The van der Waals surface area contributed by atoms with Crippen LogP contribution < -0.4 is 10.6 Å². The number of nitrogens with zero attached hydrogens (tertiary/aromatic N) is 2. The molecule has 2 unspecified atom stereocenters. The first-order valence-corrected chi connectivity index (χ1v) is 6.09. The van der Waals surface area contributed by atoms with Crippen molar-refractivity contribution in [1.82, 2.24) is 4.98 Å². The molecule has 1 fully saturated rings. The molecule has 3 nitrogen and oxygen atoms in total. The van der Waals surface area contributed by atoms with E-state index in [9.17, 15) is 0 Å². The van der Waals surface area contributed by atoms with Crippen LogP contribution >= 0.6 is 11.3 Å². The maximum Gasteiger partial charge on any atom is 0.185 e. The van der Waals surface area contributed by atoms with Crippen LogP contribution in [-0.2, 0) is 0 Å². The van der Waals surface area contributed by atoms with E-state index >= 15 is 0 Å². The van der Waals surface area contributed by atoms with Crippen LogP contribution in [0.25, 0.3) is 0 Å². The monoisotopic (exact) mass is 211 g/mol. The van der Waals surface area contributed by atoms with E-state index < -0.39 is 0 Å². The van der Waals surface area contributed by atoms with E-state index in [0.29, 0.717) is 12.0 Å². The molecule has 1 saturated heterocycles. The van der Waals surface area contributed by atoms with Gasteiger partial charge in [-0.2, -0.15) is 0 Å². The molecule has 0 spiro atoms. The summed E-state index contributed by atoms with van der Waals surface area (Å²) in [5.74, 6) is 0.632. The molecule has 0 aliphatic carbocycles. The SMILES string of the molecule is CCC1CN(c2nccs2)CCC1N. The van der Waals surface area contributed by atoms with E-state index in [-0.39, 0.29) is 0 Å².